The summed E-state index contributed by atoms with van der Waals surface area (Å²) in [4.78, 5) is 41.4. The lowest BCUT2D eigenvalue weighted by Crippen LogP contribution is -2.57. The first-order valence-electron chi connectivity index (χ1n) is 13.4. The number of hydrogen-bond acceptors (Lipinski definition) is 6. The number of amides is 3. The number of nitrogens with zero attached hydrogens (tertiary/aromatic N) is 1. The van der Waals surface area contributed by atoms with Crippen molar-refractivity contribution in [3.8, 4) is 17.2 Å². The second kappa shape index (κ2) is 13.0. The third-order valence-corrected chi connectivity index (χ3v) is 7.79. The van der Waals surface area contributed by atoms with Crippen molar-refractivity contribution >= 4 is 17.7 Å². The van der Waals surface area contributed by atoms with E-state index in [-0.39, 0.29) is 23.7 Å². The second-order valence-electron chi connectivity index (χ2n) is 10.5. The highest BCUT2D eigenvalue weighted by atomic mass is 16.5. The average molecular weight is 518 g/mol. The highest BCUT2D eigenvalue weighted by Gasteiger charge is 2.41. The summed E-state index contributed by atoms with van der Waals surface area (Å²) in [6, 6.07) is 2.30. The molecule has 3 rings (SSSR count). The first-order valence-corrected chi connectivity index (χ1v) is 13.4. The molecule has 2 fully saturated rings. The second-order valence-corrected chi connectivity index (χ2v) is 10.5. The Morgan fingerprint density at radius 2 is 1.51 bits per heavy atom. The Balaban J connectivity index is 1.99. The topological polar surface area (TPSA) is 120 Å². The van der Waals surface area contributed by atoms with Gasteiger partial charge in [0.05, 0.1) is 27.2 Å². The maximum absolute atomic E-state index is 14.4. The summed E-state index contributed by atoms with van der Waals surface area (Å²) in [5.41, 5.74) is 6.34. The van der Waals surface area contributed by atoms with E-state index in [0.717, 1.165) is 50.5 Å². The van der Waals surface area contributed by atoms with Gasteiger partial charge in [0, 0.05) is 6.54 Å². The molecule has 1 saturated heterocycles. The molecule has 2 aliphatic rings. The van der Waals surface area contributed by atoms with E-state index in [1.54, 1.807) is 26.2 Å². The molecule has 3 atom stereocenters. The maximum atomic E-state index is 14.4. The van der Waals surface area contributed by atoms with Gasteiger partial charge in [-0.2, -0.15) is 0 Å². The van der Waals surface area contributed by atoms with Crippen LogP contribution in [0.2, 0.25) is 0 Å². The molecule has 1 aromatic carbocycles. The van der Waals surface area contributed by atoms with Crippen LogP contribution in [-0.2, 0) is 14.4 Å². The number of carbonyl (C=O) groups is 3. The van der Waals surface area contributed by atoms with Gasteiger partial charge >= 0.3 is 0 Å². The molecular weight excluding hydrogens is 474 g/mol. The van der Waals surface area contributed by atoms with Crippen LogP contribution in [-0.4, -0.2) is 62.6 Å². The van der Waals surface area contributed by atoms with E-state index in [9.17, 15) is 14.4 Å². The molecular formula is C28H43N3O6. The molecule has 0 aromatic heterocycles. The van der Waals surface area contributed by atoms with Crippen LogP contribution in [0, 0.1) is 11.8 Å². The fraction of sp³-hybridized carbons (Fsp3) is 0.679. The number of piperidine rings is 1. The van der Waals surface area contributed by atoms with Gasteiger partial charge in [-0.1, -0.05) is 33.1 Å². The first-order chi connectivity index (χ1) is 17.7. The number of benzene rings is 1. The normalized spacial score (nSPS) is 20.2. The van der Waals surface area contributed by atoms with E-state index in [2.05, 4.69) is 5.32 Å². The Hall–Kier alpha value is -2.97. The van der Waals surface area contributed by atoms with E-state index in [4.69, 9.17) is 19.9 Å². The van der Waals surface area contributed by atoms with Crippen molar-refractivity contribution in [1.29, 1.82) is 0 Å². The average Bonchev–Trinajstić information content (AvgIpc) is 2.91. The van der Waals surface area contributed by atoms with Gasteiger partial charge in [-0.15, -0.1) is 0 Å². The summed E-state index contributed by atoms with van der Waals surface area (Å²) < 4.78 is 16.7. The van der Waals surface area contributed by atoms with Gasteiger partial charge in [0.25, 0.3) is 0 Å². The minimum atomic E-state index is -0.782. The highest BCUT2D eigenvalue weighted by Crippen LogP contribution is 2.45. The molecule has 1 aliphatic heterocycles. The van der Waals surface area contributed by atoms with Gasteiger partial charge in [0.2, 0.25) is 23.5 Å². The fourth-order valence-electron chi connectivity index (χ4n) is 5.83. The largest absolute Gasteiger partial charge is 0.493 e. The summed E-state index contributed by atoms with van der Waals surface area (Å²) in [7, 11) is 4.68. The van der Waals surface area contributed by atoms with Crippen molar-refractivity contribution in [1.82, 2.24) is 10.2 Å². The molecule has 0 bridgehead atoms. The number of nitrogens with two attached hydrogens (primary N) is 1. The van der Waals surface area contributed by atoms with E-state index < -0.39 is 23.9 Å². The molecule has 1 heterocycles. The quantitative estimate of drug-likeness (QED) is 0.491. The van der Waals surface area contributed by atoms with Crippen LogP contribution in [0.25, 0.3) is 0 Å². The molecule has 9 heteroatoms. The predicted octanol–water partition coefficient (Wildman–Crippen LogP) is 3.38. The first kappa shape index (κ1) is 28.6. The van der Waals surface area contributed by atoms with Crippen LogP contribution in [0.3, 0.4) is 0 Å². The van der Waals surface area contributed by atoms with Crippen LogP contribution in [0.4, 0.5) is 0 Å². The zero-order valence-corrected chi connectivity index (χ0v) is 22.9. The van der Waals surface area contributed by atoms with Crippen molar-refractivity contribution in [2.24, 2.45) is 17.6 Å². The third-order valence-electron chi connectivity index (χ3n) is 7.79. The molecule has 9 nitrogen and oxygen atoms in total. The zero-order chi connectivity index (χ0) is 27.1. The molecule has 1 aliphatic carbocycles. The van der Waals surface area contributed by atoms with Gasteiger partial charge in [-0.3, -0.25) is 14.4 Å². The number of rotatable bonds is 10. The number of methoxy groups -OCH3 is 3. The smallest absolute Gasteiger partial charge is 0.243 e. The fourth-order valence-corrected chi connectivity index (χ4v) is 5.83. The molecule has 0 radical (unpaired) electrons. The van der Waals surface area contributed by atoms with E-state index in [1.807, 2.05) is 26.0 Å². The van der Waals surface area contributed by atoms with Crippen LogP contribution < -0.4 is 25.3 Å². The summed E-state index contributed by atoms with van der Waals surface area (Å²) in [6.07, 6.45) is 7.38. The molecule has 1 saturated carbocycles. The molecule has 206 valence electrons. The monoisotopic (exact) mass is 517 g/mol. The van der Waals surface area contributed by atoms with Crippen LogP contribution in [0.1, 0.15) is 76.7 Å². The number of likely N-dealkylation sites (tertiary alicyclic amines) is 1. The number of ether oxygens (including phenoxy) is 3. The number of nitrogens with one attached hydrogen (secondary N) is 1. The van der Waals surface area contributed by atoms with Gasteiger partial charge in [0.15, 0.2) is 11.5 Å². The highest BCUT2D eigenvalue weighted by molar-refractivity contribution is 5.93. The van der Waals surface area contributed by atoms with E-state index in [1.165, 1.54) is 0 Å². The Morgan fingerprint density at radius 3 is 2.03 bits per heavy atom. The minimum absolute atomic E-state index is 0.0683. The minimum Gasteiger partial charge on any atom is -0.493 e. The third kappa shape index (κ3) is 6.48. The van der Waals surface area contributed by atoms with Crippen molar-refractivity contribution in [3.63, 3.8) is 0 Å². The maximum Gasteiger partial charge on any atom is 0.243 e. The Labute approximate surface area is 220 Å². The predicted molar refractivity (Wildman–Crippen MR) is 141 cm³/mol. The van der Waals surface area contributed by atoms with E-state index >= 15 is 0 Å². The molecule has 1 unspecified atom stereocenters. The van der Waals surface area contributed by atoms with Crippen LogP contribution >= 0.6 is 0 Å². The van der Waals surface area contributed by atoms with Crippen LogP contribution in [0.5, 0.6) is 17.2 Å². The number of primary amides is 1. The Morgan fingerprint density at radius 1 is 0.919 bits per heavy atom. The van der Waals surface area contributed by atoms with E-state index in [0.29, 0.717) is 30.2 Å². The summed E-state index contributed by atoms with van der Waals surface area (Å²) in [5.74, 6) is 0.0596. The lowest BCUT2D eigenvalue weighted by Gasteiger charge is -2.40. The van der Waals surface area contributed by atoms with Crippen molar-refractivity contribution < 1.29 is 28.6 Å². The van der Waals surface area contributed by atoms with Gasteiger partial charge in [-0.05, 0) is 61.6 Å². The standard InChI is InChI=1S/C28H43N3O6/c1-17(2)24(26(29)32)30-27(33)20-13-9-10-14-31(20)28(34)23(18-11-7-6-8-12-18)19-15-21(35-3)25(37-5)22(16-19)36-4/h15-18,20,23-24H,6-14H2,1-5H3,(H2,29,32)(H,30,33)/t20?,23-,24+/m0/s1. The molecule has 3 amide bonds. The summed E-state index contributed by atoms with van der Waals surface area (Å²) in [6.45, 7) is 4.17. The summed E-state index contributed by atoms with van der Waals surface area (Å²) in [5, 5.41) is 2.82. The van der Waals surface area contributed by atoms with Crippen molar-refractivity contribution in [3.05, 3.63) is 17.7 Å². The zero-order valence-electron chi connectivity index (χ0n) is 22.9. The molecule has 37 heavy (non-hydrogen) atoms. The molecule has 0 spiro atoms. The Kier molecular flexibility index (Phi) is 10.1. The van der Waals surface area contributed by atoms with Crippen molar-refractivity contribution in [2.75, 3.05) is 27.9 Å². The summed E-state index contributed by atoms with van der Waals surface area (Å²) >= 11 is 0. The van der Waals surface area contributed by atoms with Crippen LogP contribution in [0.15, 0.2) is 12.1 Å². The number of hydrogen-bond donors (Lipinski definition) is 2. The van der Waals surface area contributed by atoms with Gasteiger partial charge in [-0.25, -0.2) is 0 Å². The lowest BCUT2D eigenvalue weighted by molar-refractivity contribution is -0.145. The van der Waals surface area contributed by atoms with Crippen molar-refractivity contribution in [2.45, 2.75) is 83.2 Å². The molecule has 3 N–H and O–H groups in total. The SMILES string of the molecule is COc1cc([C@@H](C(=O)N2CCCCC2C(=O)N[C@@H](C(N)=O)C(C)C)C2CCCCC2)cc(OC)c1OC. The van der Waals surface area contributed by atoms with Gasteiger partial charge in [0.1, 0.15) is 12.1 Å². The molecule has 1 aromatic rings. The Bertz CT molecular complexity index is 934. The lowest BCUT2D eigenvalue weighted by atomic mass is 9.75. The van der Waals surface area contributed by atoms with Gasteiger partial charge < -0.3 is 30.2 Å². The number of carbonyl (C=O) groups excluding carboxylic acids is 3.